The lowest BCUT2D eigenvalue weighted by molar-refractivity contribution is 1.14. The van der Waals surface area contributed by atoms with Crippen molar-refractivity contribution < 1.29 is 0 Å². The summed E-state index contributed by atoms with van der Waals surface area (Å²) in [6.07, 6.45) is 0. The van der Waals surface area contributed by atoms with Crippen LogP contribution in [0.1, 0.15) is 0 Å². The summed E-state index contributed by atoms with van der Waals surface area (Å²) >= 11 is 0. The van der Waals surface area contributed by atoms with E-state index in [1.165, 1.54) is 49.3 Å². The molecule has 0 saturated heterocycles. The Hall–Kier alpha value is -8.34. The van der Waals surface area contributed by atoms with Gasteiger partial charge in [0.05, 0.1) is 33.5 Å². The number of fused-ring (bicyclic) bond motifs is 7. The van der Waals surface area contributed by atoms with Crippen LogP contribution in [0.2, 0.25) is 0 Å². The Labute approximate surface area is 359 Å². The van der Waals surface area contributed by atoms with Crippen LogP contribution in [0.5, 0.6) is 0 Å². The fraction of sp³-hybridized carbons (Fsp3) is 0. The third-order valence-corrected chi connectivity index (χ3v) is 12.1. The van der Waals surface area contributed by atoms with Gasteiger partial charge in [-0.1, -0.05) is 182 Å². The highest BCUT2D eigenvalue weighted by molar-refractivity contribution is 6.23. The molecule has 0 unspecified atom stereocenters. The highest BCUT2D eigenvalue weighted by Crippen LogP contribution is 2.42. The Balaban J connectivity index is 1.06. The van der Waals surface area contributed by atoms with Gasteiger partial charge in [0.25, 0.3) is 0 Å². The van der Waals surface area contributed by atoms with Gasteiger partial charge in [-0.15, -0.1) is 0 Å². The predicted molar refractivity (Wildman–Crippen MR) is 258 cm³/mol. The number of para-hydroxylation sites is 2. The monoisotopic (exact) mass is 790 g/mol. The zero-order chi connectivity index (χ0) is 41.0. The molecule has 3 aromatic heterocycles. The van der Waals surface area contributed by atoms with Crippen molar-refractivity contribution in [3.8, 4) is 67.5 Å². The first-order valence-corrected chi connectivity index (χ1v) is 21.1. The molecular formula is C58H38N4. The van der Waals surface area contributed by atoms with Crippen molar-refractivity contribution in [2.24, 2.45) is 0 Å². The van der Waals surface area contributed by atoms with Gasteiger partial charge >= 0.3 is 0 Å². The summed E-state index contributed by atoms with van der Waals surface area (Å²) in [5.74, 6) is 0.682. The van der Waals surface area contributed by atoms with Crippen molar-refractivity contribution in [2.75, 3.05) is 0 Å². The second-order valence-corrected chi connectivity index (χ2v) is 15.8. The second kappa shape index (κ2) is 14.7. The van der Waals surface area contributed by atoms with E-state index in [1.807, 2.05) is 12.1 Å². The quantitative estimate of drug-likeness (QED) is 0.161. The molecule has 4 nitrogen and oxygen atoms in total. The topological polar surface area (TPSA) is 35.6 Å². The van der Waals surface area contributed by atoms with Gasteiger partial charge in [0.15, 0.2) is 5.82 Å². The number of aromatic nitrogens is 4. The van der Waals surface area contributed by atoms with E-state index in [2.05, 4.69) is 228 Å². The Morgan fingerprint density at radius 3 is 1.26 bits per heavy atom. The molecule has 12 rings (SSSR count). The number of hydrogen-bond donors (Lipinski definition) is 0. The molecule has 0 radical (unpaired) electrons. The minimum atomic E-state index is 0.682. The maximum atomic E-state index is 5.20. The number of benzene rings is 9. The minimum absolute atomic E-state index is 0.682. The van der Waals surface area contributed by atoms with Crippen LogP contribution >= 0.6 is 0 Å². The molecule has 0 spiro atoms. The fourth-order valence-electron chi connectivity index (χ4n) is 9.22. The predicted octanol–water partition coefficient (Wildman–Crippen LogP) is 15.0. The van der Waals surface area contributed by atoms with Crippen molar-refractivity contribution in [3.05, 3.63) is 231 Å². The molecule has 9 aromatic carbocycles. The molecule has 0 aliphatic carbocycles. The lowest BCUT2D eigenvalue weighted by Gasteiger charge is -2.14. The van der Waals surface area contributed by atoms with Gasteiger partial charge in [-0.3, -0.25) is 0 Å². The molecule has 0 aliphatic rings. The van der Waals surface area contributed by atoms with Gasteiger partial charge in [0, 0.05) is 49.6 Å². The van der Waals surface area contributed by atoms with Crippen LogP contribution in [0.3, 0.4) is 0 Å². The largest absolute Gasteiger partial charge is 0.307 e. The van der Waals surface area contributed by atoms with Crippen molar-refractivity contribution in [2.45, 2.75) is 0 Å². The van der Waals surface area contributed by atoms with E-state index in [9.17, 15) is 0 Å². The van der Waals surface area contributed by atoms with Crippen LogP contribution < -0.4 is 0 Å². The number of hydrogen-bond acceptors (Lipinski definition) is 2. The van der Waals surface area contributed by atoms with E-state index >= 15 is 0 Å². The molecular weight excluding hydrogens is 753 g/mol. The van der Waals surface area contributed by atoms with Gasteiger partial charge in [0.2, 0.25) is 0 Å². The molecule has 4 heteroatoms. The Morgan fingerprint density at radius 1 is 0.258 bits per heavy atom. The summed E-state index contributed by atoms with van der Waals surface area (Å²) in [6.45, 7) is 0. The zero-order valence-corrected chi connectivity index (χ0v) is 33.7. The smallest absolute Gasteiger partial charge is 0.160 e. The Bertz CT molecular complexity index is 3550. The maximum Gasteiger partial charge on any atom is 0.160 e. The van der Waals surface area contributed by atoms with Crippen molar-refractivity contribution in [1.82, 2.24) is 19.1 Å². The first-order valence-electron chi connectivity index (χ1n) is 21.1. The average Bonchev–Trinajstić information content (AvgIpc) is 3.88. The van der Waals surface area contributed by atoms with Crippen molar-refractivity contribution in [1.29, 1.82) is 0 Å². The lowest BCUT2D eigenvalue weighted by atomic mass is 9.99. The summed E-state index contributed by atoms with van der Waals surface area (Å²) in [5, 5.41) is 4.83. The van der Waals surface area contributed by atoms with Gasteiger partial charge in [-0.2, -0.15) is 0 Å². The fourth-order valence-corrected chi connectivity index (χ4v) is 9.22. The highest BCUT2D eigenvalue weighted by atomic mass is 15.0. The van der Waals surface area contributed by atoms with E-state index in [1.54, 1.807) is 0 Å². The third kappa shape index (κ3) is 6.00. The van der Waals surface area contributed by atoms with E-state index < -0.39 is 0 Å². The summed E-state index contributed by atoms with van der Waals surface area (Å²) in [7, 11) is 0. The normalized spacial score (nSPS) is 11.5. The third-order valence-electron chi connectivity index (χ3n) is 12.1. The molecule has 62 heavy (non-hydrogen) atoms. The lowest BCUT2D eigenvalue weighted by Crippen LogP contribution is -2.00. The Kier molecular flexibility index (Phi) is 8.46. The van der Waals surface area contributed by atoms with Crippen LogP contribution in [0.15, 0.2) is 231 Å². The van der Waals surface area contributed by atoms with Crippen LogP contribution in [0.25, 0.3) is 111 Å². The van der Waals surface area contributed by atoms with Crippen molar-refractivity contribution in [3.63, 3.8) is 0 Å². The summed E-state index contributed by atoms with van der Waals surface area (Å²) < 4.78 is 4.89. The van der Waals surface area contributed by atoms with Gasteiger partial charge < -0.3 is 9.13 Å². The molecule has 290 valence electrons. The standard InChI is InChI=1S/C58H38N4/c1-4-16-39(17-5-1)43-22-14-23-44(36-43)40-30-32-46(33-31-40)61-54-28-12-10-26-48(54)50-34-35-51-49-27-11-13-29-55(49)62(57(51)56(50)61)47-25-15-24-45(37-47)58-59-52(41-18-6-2-7-19-41)38-53(60-58)42-20-8-3-9-21-42/h1-38H. The molecule has 0 amide bonds. The summed E-state index contributed by atoms with van der Waals surface area (Å²) in [6, 6.07) is 82.1. The molecule has 0 saturated carbocycles. The molecule has 0 aliphatic heterocycles. The summed E-state index contributed by atoms with van der Waals surface area (Å²) in [5.41, 5.74) is 16.4. The van der Waals surface area contributed by atoms with E-state index in [0.29, 0.717) is 5.82 Å². The van der Waals surface area contributed by atoms with E-state index in [4.69, 9.17) is 9.97 Å². The van der Waals surface area contributed by atoms with E-state index in [-0.39, 0.29) is 0 Å². The minimum Gasteiger partial charge on any atom is -0.307 e. The maximum absolute atomic E-state index is 5.20. The molecule has 0 fully saturated rings. The van der Waals surface area contributed by atoms with Crippen LogP contribution in [-0.4, -0.2) is 19.1 Å². The van der Waals surface area contributed by atoms with Gasteiger partial charge in [-0.05, 0) is 70.8 Å². The SMILES string of the molecule is c1ccc(-c2cccc(-c3ccc(-n4c5ccccc5c5ccc6c7ccccc7n(-c7cccc(-c8nc(-c9ccccc9)cc(-c9ccccc9)n8)c7)c6c54)cc3)c2)cc1. The first-order chi connectivity index (χ1) is 30.7. The number of rotatable bonds is 7. The van der Waals surface area contributed by atoms with Crippen LogP contribution in [-0.2, 0) is 0 Å². The molecule has 3 heterocycles. The summed E-state index contributed by atoms with van der Waals surface area (Å²) in [4.78, 5) is 10.4. The second-order valence-electron chi connectivity index (χ2n) is 15.8. The molecule has 0 N–H and O–H groups in total. The average molecular weight is 791 g/mol. The Morgan fingerprint density at radius 2 is 0.694 bits per heavy atom. The van der Waals surface area contributed by atoms with Gasteiger partial charge in [0.1, 0.15) is 0 Å². The molecule has 0 atom stereocenters. The van der Waals surface area contributed by atoms with E-state index in [0.717, 1.165) is 56.0 Å². The number of nitrogens with zero attached hydrogens (tertiary/aromatic N) is 4. The zero-order valence-electron chi connectivity index (χ0n) is 33.7. The highest BCUT2D eigenvalue weighted by Gasteiger charge is 2.22. The van der Waals surface area contributed by atoms with Crippen molar-refractivity contribution >= 4 is 43.6 Å². The molecule has 0 bridgehead atoms. The first kappa shape index (κ1) is 35.6. The van der Waals surface area contributed by atoms with Gasteiger partial charge in [-0.25, -0.2) is 9.97 Å². The van der Waals surface area contributed by atoms with Crippen LogP contribution in [0.4, 0.5) is 0 Å². The molecule has 12 aromatic rings. The van der Waals surface area contributed by atoms with Crippen LogP contribution in [0, 0.1) is 0 Å².